The van der Waals surface area contributed by atoms with Crippen LogP contribution in [0, 0.1) is 10.1 Å². The molecule has 1 unspecified atom stereocenters. The Morgan fingerprint density at radius 2 is 1.76 bits per heavy atom. The van der Waals surface area contributed by atoms with E-state index < -0.39 is 16.9 Å². The number of nitro benzene ring substituents is 1. The number of nitro groups is 1. The number of methoxy groups -OCH3 is 2. The number of nitrogens with zero attached hydrogens (tertiary/aromatic N) is 3. The van der Waals surface area contributed by atoms with Gasteiger partial charge in [0.05, 0.1) is 36.6 Å². The first kappa shape index (κ1) is 21.8. The minimum Gasteiger partial charge on any atom is -0.493 e. The van der Waals surface area contributed by atoms with Gasteiger partial charge in [-0.2, -0.15) is 5.10 Å². The van der Waals surface area contributed by atoms with Crippen molar-refractivity contribution in [3.8, 4) is 11.5 Å². The topological polar surface area (TPSA) is 114 Å². The van der Waals surface area contributed by atoms with Crippen LogP contribution >= 0.6 is 0 Å². The fourth-order valence-electron chi connectivity index (χ4n) is 3.96. The molecule has 0 saturated carbocycles. The fourth-order valence-corrected chi connectivity index (χ4v) is 3.96. The predicted molar refractivity (Wildman–Crippen MR) is 122 cm³/mol. The Bertz CT molecular complexity index is 1220. The van der Waals surface area contributed by atoms with Crippen LogP contribution in [0.4, 0.5) is 11.4 Å². The number of hydrogen-bond acceptors (Lipinski definition) is 7. The van der Waals surface area contributed by atoms with E-state index in [0.717, 1.165) is 11.3 Å². The van der Waals surface area contributed by atoms with E-state index in [2.05, 4.69) is 0 Å². The molecule has 0 radical (unpaired) electrons. The quantitative estimate of drug-likeness (QED) is 0.414. The molecule has 33 heavy (non-hydrogen) atoms. The lowest BCUT2D eigenvalue weighted by atomic mass is 9.93. The van der Waals surface area contributed by atoms with Crippen molar-refractivity contribution >= 4 is 23.1 Å². The summed E-state index contributed by atoms with van der Waals surface area (Å²) >= 11 is 0. The van der Waals surface area contributed by atoms with Crippen LogP contribution in [0.15, 0.2) is 71.8 Å². The third-order valence-corrected chi connectivity index (χ3v) is 5.49. The lowest BCUT2D eigenvalue weighted by Gasteiger charge is -2.26. The maximum atomic E-state index is 12.3. The molecule has 0 fully saturated rings. The van der Waals surface area contributed by atoms with E-state index >= 15 is 0 Å². The van der Waals surface area contributed by atoms with Gasteiger partial charge in [0.1, 0.15) is 5.56 Å². The second kappa shape index (κ2) is 8.99. The highest BCUT2D eigenvalue weighted by atomic mass is 16.6. The van der Waals surface area contributed by atoms with Crippen LogP contribution in [0.25, 0.3) is 0 Å². The normalized spacial score (nSPS) is 15.2. The summed E-state index contributed by atoms with van der Waals surface area (Å²) in [6.45, 7) is 0. The van der Waals surface area contributed by atoms with E-state index in [-0.39, 0.29) is 17.0 Å². The van der Waals surface area contributed by atoms with Gasteiger partial charge in [-0.15, -0.1) is 0 Å². The van der Waals surface area contributed by atoms with E-state index in [1.807, 2.05) is 30.3 Å². The van der Waals surface area contributed by atoms with Gasteiger partial charge in [0.15, 0.2) is 11.5 Å². The van der Waals surface area contributed by atoms with Gasteiger partial charge >= 0.3 is 5.97 Å². The molecule has 4 rings (SSSR count). The van der Waals surface area contributed by atoms with Crippen LogP contribution < -0.4 is 14.5 Å². The third kappa shape index (κ3) is 4.08. The molecule has 0 bridgehead atoms. The number of ether oxygens (including phenoxy) is 2. The Kier molecular flexibility index (Phi) is 5.95. The number of benzene rings is 3. The van der Waals surface area contributed by atoms with E-state index in [1.54, 1.807) is 29.3 Å². The number of aromatic carboxylic acids is 1. The average Bonchev–Trinajstić information content (AvgIpc) is 3.28. The van der Waals surface area contributed by atoms with Crippen LogP contribution in [-0.4, -0.2) is 35.9 Å². The first-order chi connectivity index (χ1) is 15.9. The number of hydrogen-bond donors (Lipinski definition) is 1. The summed E-state index contributed by atoms with van der Waals surface area (Å²) in [7, 11) is 2.83. The van der Waals surface area contributed by atoms with Crippen molar-refractivity contribution in [1.82, 2.24) is 0 Å². The van der Waals surface area contributed by atoms with Crippen molar-refractivity contribution in [2.75, 3.05) is 19.2 Å². The number of rotatable bonds is 7. The zero-order valence-corrected chi connectivity index (χ0v) is 18.0. The van der Waals surface area contributed by atoms with Crippen LogP contribution in [0.5, 0.6) is 11.5 Å². The van der Waals surface area contributed by atoms with Crippen LogP contribution in [0.1, 0.15) is 33.9 Å². The van der Waals surface area contributed by atoms with Crippen molar-refractivity contribution < 1.29 is 24.3 Å². The van der Waals surface area contributed by atoms with Gasteiger partial charge < -0.3 is 14.6 Å². The Hall–Kier alpha value is -4.40. The summed E-state index contributed by atoms with van der Waals surface area (Å²) < 4.78 is 10.7. The van der Waals surface area contributed by atoms with Crippen molar-refractivity contribution in [2.24, 2.45) is 5.10 Å². The lowest BCUT2D eigenvalue weighted by molar-refractivity contribution is -0.384. The molecular formula is C24H21N3O6. The highest BCUT2D eigenvalue weighted by Crippen LogP contribution is 2.43. The van der Waals surface area contributed by atoms with E-state index in [1.165, 1.54) is 26.4 Å². The van der Waals surface area contributed by atoms with Crippen LogP contribution in [-0.2, 0) is 0 Å². The monoisotopic (exact) mass is 447 g/mol. The van der Waals surface area contributed by atoms with E-state index in [0.29, 0.717) is 23.4 Å². The van der Waals surface area contributed by atoms with Gasteiger partial charge in [0.2, 0.25) is 0 Å². The molecule has 3 aromatic carbocycles. The Morgan fingerprint density at radius 1 is 1.06 bits per heavy atom. The summed E-state index contributed by atoms with van der Waals surface area (Å²) in [5.74, 6) is -0.723. The largest absolute Gasteiger partial charge is 0.493 e. The molecule has 9 nitrogen and oxygen atoms in total. The number of non-ortho nitro benzene ring substituents is 1. The molecule has 0 aliphatic carbocycles. The SMILES string of the molecule is COc1ccc(C2CC(c3ccccc3)=NN2c2ccc([N+](=O)[O-])cc2)c(C(=O)O)c1OC. The molecule has 9 heteroatoms. The fraction of sp³-hybridized carbons (Fsp3) is 0.167. The van der Waals surface area contributed by atoms with Gasteiger partial charge in [-0.3, -0.25) is 15.1 Å². The number of carboxylic acid groups (broad SMARTS) is 1. The number of carboxylic acids is 1. The van der Waals surface area contributed by atoms with E-state index in [4.69, 9.17) is 14.6 Å². The second-order valence-corrected chi connectivity index (χ2v) is 7.32. The summed E-state index contributed by atoms with van der Waals surface area (Å²) in [6.07, 6.45) is 0.427. The second-order valence-electron chi connectivity index (χ2n) is 7.32. The zero-order chi connectivity index (χ0) is 23.5. The molecule has 3 aromatic rings. The van der Waals surface area contributed by atoms with Gasteiger partial charge in [0, 0.05) is 18.6 Å². The van der Waals surface area contributed by atoms with Gasteiger partial charge in [-0.1, -0.05) is 36.4 Å². The van der Waals surface area contributed by atoms with Crippen LogP contribution in [0.2, 0.25) is 0 Å². The van der Waals surface area contributed by atoms with Gasteiger partial charge in [-0.05, 0) is 29.3 Å². The highest BCUT2D eigenvalue weighted by Gasteiger charge is 2.35. The maximum absolute atomic E-state index is 12.3. The Morgan fingerprint density at radius 3 is 2.33 bits per heavy atom. The first-order valence-electron chi connectivity index (χ1n) is 10.1. The molecule has 168 valence electrons. The Balaban J connectivity index is 1.86. The molecule has 0 amide bonds. The summed E-state index contributed by atoms with van der Waals surface area (Å²) in [4.78, 5) is 22.9. The van der Waals surface area contributed by atoms with Crippen molar-refractivity contribution in [3.63, 3.8) is 0 Å². The van der Waals surface area contributed by atoms with Crippen molar-refractivity contribution in [2.45, 2.75) is 12.5 Å². The number of anilines is 1. The molecule has 1 aliphatic heterocycles. The summed E-state index contributed by atoms with van der Waals surface area (Å²) in [5, 5.41) is 27.6. The predicted octanol–water partition coefficient (Wildman–Crippen LogP) is 4.67. The molecule has 0 aromatic heterocycles. The Labute approximate surface area is 189 Å². The maximum Gasteiger partial charge on any atom is 0.339 e. The standard InChI is InChI=1S/C24H21N3O6/c1-32-21-13-12-18(22(24(28)29)23(21)33-2)20-14-19(15-6-4-3-5-7-15)25-26(20)16-8-10-17(11-9-16)27(30)31/h3-13,20H,14H2,1-2H3,(H,28,29). The van der Waals surface area contributed by atoms with E-state index in [9.17, 15) is 20.0 Å². The van der Waals surface area contributed by atoms with Gasteiger partial charge in [-0.25, -0.2) is 4.79 Å². The summed E-state index contributed by atoms with van der Waals surface area (Å²) in [6, 6.07) is 18.4. The van der Waals surface area contributed by atoms with Crippen LogP contribution in [0.3, 0.4) is 0 Å². The molecule has 0 saturated heterocycles. The zero-order valence-electron chi connectivity index (χ0n) is 18.0. The van der Waals surface area contributed by atoms with Crippen molar-refractivity contribution in [3.05, 3.63) is 93.5 Å². The smallest absolute Gasteiger partial charge is 0.339 e. The molecule has 1 aliphatic rings. The van der Waals surface area contributed by atoms with Gasteiger partial charge in [0.25, 0.3) is 5.69 Å². The molecule has 1 N–H and O–H groups in total. The molecule has 1 atom stereocenters. The third-order valence-electron chi connectivity index (χ3n) is 5.49. The molecule has 0 spiro atoms. The average molecular weight is 447 g/mol. The highest BCUT2D eigenvalue weighted by molar-refractivity contribution is 6.04. The minimum absolute atomic E-state index is 0.0155. The molecular weight excluding hydrogens is 426 g/mol. The number of carbonyl (C=O) groups is 1. The molecule has 1 heterocycles. The van der Waals surface area contributed by atoms with Crippen molar-refractivity contribution in [1.29, 1.82) is 0 Å². The summed E-state index contributed by atoms with van der Waals surface area (Å²) in [5.41, 5.74) is 2.71. The lowest BCUT2D eigenvalue weighted by Crippen LogP contribution is -2.21. The minimum atomic E-state index is -1.16. The first-order valence-corrected chi connectivity index (χ1v) is 10.1. The number of hydrazone groups is 1.